The Labute approximate surface area is 112 Å². The van der Waals surface area contributed by atoms with E-state index in [1.807, 2.05) is 12.1 Å². The zero-order chi connectivity index (χ0) is 13.7. The Bertz CT molecular complexity index is 506. The molecule has 0 bridgehead atoms. The molecule has 0 aliphatic heterocycles. The number of hydrogen-bond donors (Lipinski definition) is 1. The summed E-state index contributed by atoms with van der Waals surface area (Å²) in [6.45, 7) is 5.11. The zero-order valence-electron chi connectivity index (χ0n) is 11.3. The monoisotopic (exact) mass is 261 g/mol. The average molecular weight is 261 g/mol. The van der Waals surface area contributed by atoms with Crippen LogP contribution in [0.15, 0.2) is 28.7 Å². The van der Waals surface area contributed by atoms with Gasteiger partial charge in [-0.1, -0.05) is 26.0 Å². The van der Waals surface area contributed by atoms with Crippen LogP contribution in [0.1, 0.15) is 37.1 Å². The third kappa shape index (κ3) is 3.79. The number of ether oxygens (including phenoxy) is 1. The summed E-state index contributed by atoms with van der Waals surface area (Å²) in [6.07, 6.45) is 0.582. The third-order valence-electron chi connectivity index (χ3n) is 2.81. The van der Waals surface area contributed by atoms with E-state index in [-0.39, 0.29) is 6.54 Å². The Balaban J connectivity index is 1.82. The van der Waals surface area contributed by atoms with E-state index in [4.69, 9.17) is 14.9 Å². The molecule has 0 aliphatic rings. The lowest BCUT2D eigenvalue weighted by atomic mass is 10.0. The maximum atomic E-state index is 5.63. The van der Waals surface area contributed by atoms with E-state index < -0.39 is 0 Å². The number of rotatable bonds is 6. The second-order valence-electron chi connectivity index (χ2n) is 4.62. The van der Waals surface area contributed by atoms with Crippen LogP contribution in [0.3, 0.4) is 0 Å². The third-order valence-corrected chi connectivity index (χ3v) is 2.81. The fraction of sp³-hybridized carbons (Fsp3) is 0.429. The SMILES string of the molecule is CC(C)c1ccc(OCCc2nnc(CN)o2)cc1. The molecule has 2 N–H and O–H groups in total. The lowest BCUT2D eigenvalue weighted by Gasteiger charge is -2.08. The summed E-state index contributed by atoms with van der Waals surface area (Å²) in [5.41, 5.74) is 6.70. The minimum absolute atomic E-state index is 0.268. The Morgan fingerprint density at radius 1 is 1.16 bits per heavy atom. The molecule has 0 radical (unpaired) electrons. The van der Waals surface area contributed by atoms with Gasteiger partial charge < -0.3 is 14.9 Å². The summed E-state index contributed by atoms with van der Waals surface area (Å²) in [4.78, 5) is 0. The molecule has 2 aromatic rings. The first kappa shape index (κ1) is 13.5. The van der Waals surface area contributed by atoms with Crippen molar-refractivity contribution >= 4 is 0 Å². The molecule has 2 rings (SSSR count). The van der Waals surface area contributed by atoms with Gasteiger partial charge >= 0.3 is 0 Å². The fourth-order valence-corrected chi connectivity index (χ4v) is 1.68. The van der Waals surface area contributed by atoms with E-state index in [1.54, 1.807) is 0 Å². The summed E-state index contributed by atoms with van der Waals surface area (Å²) < 4.78 is 10.9. The second-order valence-corrected chi connectivity index (χ2v) is 4.62. The van der Waals surface area contributed by atoms with Crippen LogP contribution in [0, 0.1) is 0 Å². The molecule has 0 saturated carbocycles. The van der Waals surface area contributed by atoms with Crippen LogP contribution in [0.25, 0.3) is 0 Å². The molecule has 0 aliphatic carbocycles. The van der Waals surface area contributed by atoms with Crippen molar-refractivity contribution in [2.45, 2.75) is 32.7 Å². The molecule has 102 valence electrons. The maximum Gasteiger partial charge on any atom is 0.230 e. The number of nitrogens with two attached hydrogens (primary N) is 1. The van der Waals surface area contributed by atoms with Crippen molar-refractivity contribution in [3.8, 4) is 5.75 Å². The lowest BCUT2D eigenvalue weighted by Crippen LogP contribution is -2.01. The van der Waals surface area contributed by atoms with Gasteiger partial charge in [-0.2, -0.15) is 0 Å². The van der Waals surface area contributed by atoms with Crippen molar-refractivity contribution in [2.75, 3.05) is 6.61 Å². The van der Waals surface area contributed by atoms with Gasteiger partial charge in [0.1, 0.15) is 5.75 Å². The normalized spacial score (nSPS) is 10.9. The first-order chi connectivity index (χ1) is 9.19. The van der Waals surface area contributed by atoms with Crippen molar-refractivity contribution in [3.63, 3.8) is 0 Å². The summed E-state index contributed by atoms with van der Waals surface area (Å²) in [5.74, 6) is 2.39. The van der Waals surface area contributed by atoms with Crippen LogP contribution >= 0.6 is 0 Å². The van der Waals surface area contributed by atoms with Gasteiger partial charge in [-0.15, -0.1) is 10.2 Å². The minimum Gasteiger partial charge on any atom is -0.493 e. The molecule has 0 unspecified atom stereocenters. The molecule has 1 heterocycles. The van der Waals surface area contributed by atoms with Crippen LogP contribution < -0.4 is 10.5 Å². The van der Waals surface area contributed by atoms with E-state index in [2.05, 4.69) is 36.2 Å². The zero-order valence-corrected chi connectivity index (χ0v) is 11.3. The van der Waals surface area contributed by atoms with Gasteiger partial charge in [0.25, 0.3) is 0 Å². The van der Waals surface area contributed by atoms with Crippen molar-refractivity contribution in [1.82, 2.24) is 10.2 Å². The molecule has 0 spiro atoms. The van der Waals surface area contributed by atoms with E-state index in [0.717, 1.165) is 5.75 Å². The summed E-state index contributed by atoms with van der Waals surface area (Å²) in [6, 6.07) is 8.13. The molecule has 0 amide bonds. The highest BCUT2D eigenvalue weighted by Crippen LogP contribution is 2.18. The molecule has 0 atom stereocenters. The molecule has 19 heavy (non-hydrogen) atoms. The van der Waals surface area contributed by atoms with Gasteiger partial charge in [0.05, 0.1) is 19.6 Å². The second kappa shape index (κ2) is 6.33. The summed E-state index contributed by atoms with van der Waals surface area (Å²) in [7, 11) is 0. The van der Waals surface area contributed by atoms with Gasteiger partial charge in [-0.25, -0.2) is 0 Å². The van der Waals surface area contributed by atoms with Crippen molar-refractivity contribution in [2.24, 2.45) is 5.73 Å². The highest BCUT2D eigenvalue weighted by Gasteiger charge is 2.05. The summed E-state index contributed by atoms with van der Waals surface area (Å²) in [5, 5.41) is 7.67. The molecule has 1 aromatic heterocycles. The van der Waals surface area contributed by atoms with Gasteiger partial charge in [0.15, 0.2) is 0 Å². The van der Waals surface area contributed by atoms with Crippen molar-refractivity contribution < 1.29 is 9.15 Å². The Morgan fingerprint density at radius 2 is 1.84 bits per heavy atom. The van der Waals surface area contributed by atoms with E-state index in [9.17, 15) is 0 Å². The largest absolute Gasteiger partial charge is 0.493 e. The molecule has 0 saturated heterocycles. The van der Waals surface area contributed by atoms with E-state index in [0.29, 0.717) is 30.7 Å². The van der Waals surface area contributed by atoms with Gasteiger partial charge in [0.2, 0.25) is 11.8 Å². The molecule has 5 nitrogen and oxygen atoms in total. The maximum absolute atomic E-state index is 5.63. The number of benzene rings is 1. The molecular formula is C14H19N3O2. The fourth-order valence-electron chi connectivity index (χ4n) is 1.68. The smallest absolute Gasteiger partial charge is 0.230 e. The standard InChI is InChI=1S/C14H19N3O2/c1-10(2)11-3-5-12(6-4-11)18-8-7-13-16-17-14(9-15)19-13/h3-6,10H,7-9,15H2,1-2H3. The van der Waals surface area contributed by atoms with Gasteiger partial charge in [-0.05, 0) is 23.6 Å². The van der Waals surface area contributed by atoms with Crippen LogP contribution in [-0.2, 0) is 13.0 Å². The Hall–Kier alpha value is -1.88. The predicted molar refractivity (Wildman–Crippen MR) is 71.9 cm³/mol. The topological polar surface area (TPSA) is 74.2 Å². The van der Waals surface area contributed by atoms with Crippen molar-refractivity contribution in [3.05, 3.63) is 41.6 Å². The first-order valence-corrected chi connectivity index (χ1v) is 6.43. The molecule has 1 aromatic carbocycles. The minimum atomic E-state index is 0.268. The first-order valence-electron chi connectivity index (χ1n) is 6.43. The van der Waals surface area contributed by atoms with E-state index in [1.165, 1.54) is 5.56 Å². The predicted octanol–water partition coefficient (Wildman–Crippen LogP) is 2.27. The summed E-state index contributed by atoms with van der Waals surface area (Å²) >= 11 is 0. The van der Waals surface area contributed by atoms with Crippen molar-refractivity contribution in [1.29, 1.82) is 0 Å². The van der Waals surface area contributed by atoms with E-state index >= 15 is 0 Å². The number of aromatic nitrogens is 2. The van der Waals surface area contributed by atoms with Gasteiger partial charge in [-0.3, -0.25) is 0 Å². The number of nitrogens with zero attached hydrogens (tertiary/aromatic N) is 2. The van der Waals surface area contributed by atoms with Crippen LogP contribution in [-0.4, -0.2) is 16.8 Å². The molecule has 5 heteroatoms. The molecular weight excluding hydrogens is 242 g/mol. The van der Waals surface area contributed by atoms with Crippen LogP contribution in [0.5, 0.6) is 5.75 Å². The Morgan fingerprint density at radius 3 is 2.42 bits per heavy atom. The Kier molecular flexibility index (Phi) is 4.52. The quantitative estimate of drug-likeness (QED) is 0.863. The van der Waals surface area contributed by atoms with Crippen LogP contribution in [0.2, 0.25) is 0 Å². The highest BCUT2D eigenvalue weighted by atomic mass is 16.5. The van der Waals surface area contributed by atoms with Crippen LogP contribution in [0.4, 0.5) is 0 Å². The average Bonchev–Trinajstić information content (AvgIpc) is 2.87. The highest BCUT2D eigenvalue weighted by molar-refractivity contribution is 5.28. The lowest BCUT2D eigenvalue weighted by molar-refractivity contribution is 0.303. The van der Waals surface area contributed by atoms with Gasteiger partial charge in [0, 0.05) is 0 Å². The number of hydrogen-bond acceptors (Lipinski definition) is 5. The molecule has 0 fully saturated rings.